The molecule has 2 aliphatic heterocycles. The van der Waals surface area contributed by atoms with Crippen LogP contribution in [0.5, 0.6) is 0 Å². The van der Waals surface area contributed by atoms with Gasteiger partial charge >= 0.3 is 5.97 Å². The van der Waals surface area contributed by atoms with Crippen molar-refractivity contribution in [2.45, 2.75) is 18.4 Å². The maximum absolute atomic E-state index is 11.7. The highest BCUT2D eigenvalue weighted by Gasteiger charge is 2.42. The number of carbonyl (C=O) groups is 1. The minimum Gasteiger partial charge on any atom is -0.481 e. The Morgan fingerprint density at radius 1 is 1.53 bits per heavy atom. The van der Waals surface area contributed by atoms with Crippen molar-refractivity contribution >= 4 is 27.6 Å². The van der Waals surface area contributed by atoms with Crippen LogP contribution >= 0.6 is 15.9 Å². The fourth-order valence-electron chi connectivity index (χ4n) is 3.34. The second-order valence-corrected chi connectivity index (χ2v) is 6.43. The summed E-state index contributed by atoms with van der Waals surface area (Å²) >= 11 is 3.44. The van der Waals surface area contributed by atoms with Gasteiger partial charge in [-0.3, -0.25) is 4.79 Å². The number of anilines is 1. The van der Waals surface area contributed by atoms with Crippen LogP contribution in [0.2, 0.25) is 0 Å². The predicted octanol–water partition coefficient (Wildman–Crippen LogP) is 2.36. The first-order valence-corrected chi connectivity index (χ1v) is 7.33. The normalized spacial score (nSPS) is 30.1. The lowest BCUT2D eigenvalue weighted by Gasteiger charge is -2.44. The van der Waals surface area contributed by atoms with Crippen LogP contribution in [-0.2, 0) is 4.79 Å². The van der Waals surface area contributed by atoms with Gasteiger partial charge in [0, 0.05) is 28.7 Å². The molecule has 1 aromatic rings. The summed E-state index contributed by atoms with van der Waals surface area (Å²) in [6.07, 6.45) is 1.00. The minimum atomic E-state index is -0.717. The predicted molar refractivity (Wildman–Crippen MR) is 77.5 cm³/mol. The Balaban J connectivity index is 2.05. The largest absolute Gasteiger partial charge is 0.481 e. The Bertz CT molecular complexity index is 520. The Labute approximate surface area is 120 Å². The van der Waals surface area contributed by atoms with Crippen LogP contribution in [0, 0.1) is 5.92 Å². The maximum Gasteiger partial charge on any atom is 0.311 e. The van der Waals surface area contributed by atoms with Crippen molar-refractivity contribution in [3.05, 3.63) is 28.2 Å². The van der Waals surface area contributed by atoms with E-state index in [0.717, 1.165) is 35.2 Å². The van der Waals surface area contributed by atoms with E-state index in [9.17, 15) is 9.90 Å². The Hall–Kier alpha value is -1.07. The van der Waals surface area contributed by atoms with Gasteiger partial charge < -0.3 is 15.3 Å². The zero-order valence-corrected chi connectivity index (χ0v) is 12.4. The van der Waals surface area contributed by atoms with E-state index in [1.165, 1.54) is 0 Å². The first-order valence-electron chi connectivity index (χ1n) is 6.53. The molecule has 2 heterocycles. The summed E-state index contributed by atoms with van der Waals surface area (Å²) in [5, 5.41) is 13.2. The number of aliphatic carboxylic acids is 1. The van der Waals surface area contributed by atoms with Gasteiger partial charge in [-0.2, -0.15) is 0 Å². The molecule has 0 bridgehead atoms. The third-order valence-electron chi connectivity index (χ3n) is 4.24. The third kappa shape index (κ3) is 2.25. The molecule has 19 heavy (non-hydrogen) atoms. The van der Waals surface area contributed by atoms with E-state index in [0.29, 0.717) is 0 Å². The van der Waals surface area contributed by atoms with Crippen LogP contribution in [0.4, 0.5) is 5.69 Å². The van der Waals surface area contributed by atoms with Crippen molar-refractivity contribution < 1.29 is 9.90 Å². The van der Waals surface area contributed by atoms with E-state index in [1.807, 2.05) is 18.2 Å². The summed E-state index contributed by atoms with van der Waals surface area (Å²) in [7, 11) is 2.06. The lowest BCUT2D eigenvalue weighted by atomic mass is 9.74. The van der Waals surface area contributed by atoms with Crippen LogP contribution in [0.25, 0.3) is 0 Å². The monoisotopic (exact) mass is 324 g/mol. The molecule has 2 aliphatic rings. The molecule has 3 unspecified atom stereocenters. The molecule has 0 spiro atoms. The molecule has 1 aromatic carbocycles. The van der Waals surface area contributed by atoms with Gasteiger partial charge in [-0.25, -0.2) is 0 Å². The number of fused-ring (bicyclic) bond motifs is 2. The zero-order valence-electron chi connectivity index (χ0n) is 10.8. The molecule has 0 amide bonds. The summed E-state index contributed by atoms with van der Waals surface area (Å²) in [6, 6.07) is 6.14. The molecule has 4 nitrogen and oxygen atoms in total. The highest BCUT2D eigenvalue weighted by molar-refractivity contribution is 9.10. The van der Waals surface area contributed by atoms with Crippen molar-refractivity contribution in [3.8, 4) is 0 Å². The first kappa shape index (κ1) is 12.9. The summed E-state index contributed by atoms with van der Waals surface area (Å²) < 4.78 is 0.932. The number of carboxylic acid groups (broad SMARTS) is 1. The van der Waals surface area contributed by atoms with E-state index < -0.39 is 11.9 Å². The molecule has 0 saturated carbocycles. The SMILES string of the molecule is CN1CCC2Nc3ccc(Br)cc3C(C(=O)O)C2C1. The number of piperidine rings is 1. The molecule has 1 saturated heterocycles. The molecule has 0 aromatic heterocycles. The second-order valence-electron chi connectivity index (χ2n) is 5.51. The van der Waals surface area contributed by atoms with E-state index in [-0.39, 0.29) is 12.0 Å². The van der Waals surface area contributed by atoms with Crippen molar-refractivity contribution in [2.24, 2.45) is 5.92 Å². The number of benzene rings is 1. The molecular formula is C14H17BrN2O2. The lowest BCUT2D eigenvalue weighted by Crippen LogP contribution is -2.51. The van der Waals surface area contributed by atoms with Gasteiger partial charge in [0.25, 0.3) is 0 Å². The van der Waals surface area contributed by atoms with Crippen molar-refractivity contribution in [1.82, 2.24) is 4.90 Å². The average molecular weight is 325 g/mol. The van der Waals surface area contributed by atoms with Gasteiger partial charge in [-0.15, -0.1) is 0 Å². The van der Waals surface area contributed by atoms with E-state index in [4.69, 9.17) is 0 Å². The summed E-state index contributed by atoms with van der Waals surface area (Å²) in [6.45, 7) is 1.85. The van der Waals surface area contributed by atoms with E-state index in [1.54, 1.807) is 0 Å². The molecule has 3 rings (SSSR count). The lowest BCUT2D eigenvalue weighted by molar-refractivity contribution is -0.141. The molecule has 5 heteroatoms. The Morgan fingerprint density at radius 2 is 2.32 bits per heavy atom. The fourth-order valence-corrected chi connectivity index (χ4v) is 3.72. The zero-order chi connectivity index (χ0) is 13.6. The summed E-state index contributed by atoms with van der Waals surface area (Å²) in [5.74, 6) is -0.995. The number of halogens is 1. The van der Waals surface area contributed by atoms with E-state index >= 15 is 0 Å². The van der Waals surface area contributed by atoms with Crippen molar-refractivity contribution in [1.29, 1.82) is 0 Å². The quantitative estimate of drug-likeness (QED) is 0.832. The van der Waals surface area contributed by atoms with Crippen molar-refractivity contribution in [2.75, 3.05) is 25.5 Å². The average Bonchev–Trinajstić information content (AvgIpc) is 2.35. The maximum atomic E-state index is 11.7. The molecule has 0 radical (unpaired) electrons. The van der Waals surface area contributed by atoms with Crippen LogP contribution in [-0.4, -0.2) is 42.2 Å². The standard InChI is InChI=1S/C14H17BrN2O2/c1-17-5-4-12-10(7-17)13(14(18)19)9-6-8(15)2-3-11(9)16-12/h2-3,6,10,12-13,16H,4-5,7H2,1H3,(H,18,19). The second kappa shape index (κ2) is 4.80. The van der Waals surface area contributed by atoms with Gasteiger partial charge in [0.2, 0.25) is 0 Å². The Kier molecular flexibility index (Phi) is 3.27. The van der Waals surface area contributed by atoms with E-state index in [2.05, 4.69) is 33.2 Å². The van der Waals surface area contributed by atoms with Crippen LogP contribution < -0.4 is 5.32 Å². The fraction of sp³-hybridized carbons (Fsp3) is 0.500. The number of hydrogen-bond acceptors (Lipinski definition) is 3. The van der Waals surface area contributed by atoms with Gasteiger partial charge in [0.1, 0.15) is 0 Å². The molecule has 3 atom stereocenters. The topological polar surface area (TPSA) is 52.6 Å². The number of nitrogens with zero attached hydrogens (tertiary/aromatic N) is 1. The smallest absolute Gasteiger partial charge is 0.311 e. The van der Waals surface area contributed by atoms with Gasteiger partial charge in [-0.05, 0) is 43.8 Å². The number of likely N-dealkylation sites (tertiary alicyclic amines) is 1. The molecule has 0 aliphatic carbocycles. The van der Waals surface area contributed by atoms with Gasteiger partial charge in [-0.1, -0.05) is 15.9 Å². The van der Waals surface area contributed by atoms with Crippen LogP contribution in [0.3, 0.4) is 0 Å². The van der Waals surface area contributed by atoms with Gasteiger partial charge in [0.15, 0.2) is 0 Å². The molecular weight excluding hydrogens is 308 g/mol. The summed E-state index contributed by atoms with van der Waals surface area (Å²) in [5.41, 5.74) is 1.87. The molecule has 1 fully saturated rings. The third-order valence-corrected chi connectivity index (χ3v) is 4.74. The number of rotatable bonds is 1. The summed E-state index contributed by atoms with van der Waals surface area (Å²) in [4.78, 5) is 14.0. The minimum absolute atomic E-state index is 0.137. The number of nitrogens with one attached hydrogen (secondary N) is 1. The first-order chi connectivity index (χ1) is 9.06. The van der Waals surface area contributed by atoms with Crippen LogP contribution in [0.1, 0.15) is 17.9 Å². The highest BCUT2D eigenvalue weighted by atomic mass is 79.9. The molecule has 2 N–H and O–H groups in total. The molecule has 102 valence electrons. The number of carboxylic acids is 1. The van der Waals surface area contributed by atoms with Crippen molar-refractivity contribution in [3.63, 3.8) is 0 Å². The van der Waals surface area contributed by atoms with Gasteiger partial charge in [0.05, 0.1) is 5.92 Å². The number of hydrogen-bond donors (Lipinski definition) is 2. The highest BCUT2D eigenvalue weighted by Crippen LogP contribution is 2.42. The Morgan fingerprint density at radius 3 is 3.05 bits per heavy atom. The van der Waals surface area contributed by atoms with Crippen LogP contribution in [0.15, 0.2) is 22.7 Å².